The fraction of sp³-hybridized carbons (Fsp3) is 0.500. The standard InChI is InChI=1S/C12H14N2/c1-2-4-11(5-3-1)6-7-12-10-13-8-9-14-12/h8-11H,1-5H2. The SMILES string of the molecule is C(#CC1CCCCC1)c1cnccn1. The molecule has 0 aliphatic heterocycles. The van der Waals surface area contributed by atoms with Crippen molar-refractivity contribution in [2.45, 2.75) is 32.1 Å². The van der Waals surface area contributed by atoms with E-state index in [1.54, 1.807) is 18.6 Å². The van der Waals surface area contributed by atoms with Crippen LogP contribution in [0.2, 0.25) is 0 Å². The van der Waals surface area contributed by atoms with Crippen LogP contribution in [0.4, 0.5) is 0 Å². The van der Waals surface area contributed by atoms with E-state index in [9.17, 15) is 0 Å². The molecule has 2 nitrogen and oxygen atoms in total. The smallest absolute Gasteiger partial charge is 0.131 e. The highest BCUT2D eigenvalue weighted by Gasteiger charge is 2.09. The van der Waals surface area contributed by atoms with E-state index in [4.69, 9.17) is 0 Å². The highest BCUT2D eigenvalue weighted by atomic mass is 14.7. The maximum absolute atomic E-state index is 4.13. The molecule has 0 spiro atoms. The topological polar surface area (TPSA) is 25.8 Å². The second-order valence-corrected chi connectivity index (χ2v) is 3.69. The third kappa shape index (κ3) is 2.56. The van der Waals surface area contributed by atoms with Crippen molar-refractivity contribution in [1.29, 1.82) is 0 Å². The van der Waals surface area contributed by atoms with Crippen LogP contribution in [0.1, 0.15) is 37.8 Å². The fourth-order valence-corrected chi connectivity index (χ4v) is 1.79. The Hall–Kier alpha value is -1.36. The van der Waals surface area contributed by atoms with Gasteiger partial charge < -0.3 is 0 Å². The van der Waals surface area contributed by atoms with E-state index in [0.717, 1.165) is 5.69 Å². The highest BCUT2D eigenvalue weighted by molar-refractivity contribution is 5.25. The summed E-state index contributed by atoms with van der Waals surface area (Å²) in [5.41, 5.74) is 0.790. The van der Waals surface area contributed by atoms with Crippen LogP contribution in [0.15, 0.2) is 18.6 Å². The lowest BCUT2D eigenvalue weighted by Crippen LogP contribution is -2.03. The van der Waals surface area contributed by atoms with Gasteiger partial charge in [-0.1, -0.05) is 25.2 Å². The molecule has 0 radical (unpaired) electrons. The summed E-state index contributed by atoms with van der Waals surface area (Å²) < 4.78 is 0. The molecule has 72 valence electrons. The summed E-state index contributed by atoms with van der Waals surface area (Å²) in [7, 11) is 0. The van der Waals surface area contributed by atoms with Crippen LogP contribution in [-0.2, 0) is 0 Å². The number of aromatic nitrogens is 2. The Bertz CT molecular complexity index is 328. The Labute approximate surface area is 84.8 Å². The molecular formula is C12H14N2. The summed E-state index contributed by atoms with van der Waals surface area (Å²) in [5.74, 6) is 6.96. The Balaban J connectivity index is 1.99. The molecule has 0 bridgehead atoms. The molecule has 1 aromatic rings. The van der Waals surface area contributed by atoms with Crippen molar-refractivity contribution in [3.05, 3.63) is 24.3 Å². The summed E-state index contributed by atoms with van der Waals surface area (Å²) in [6, 6.07) is 0. The zero-order valence-corrected chi connectivity index (χ0v) is 8.24. The minimum Gasteiger partial charge on any atom is -0.260 e. The van der Waals surface area contributed by atoms with Gasteiger partial charge in [0.05, 0.1) is 6.20 Å². The van der Waals surface area contributed by atoms with Crippen LogP contribution in [0.5, 0.6) is 0 Å². The first kappa shape index (κ1) is 9.21. The molecule has 0 amide bonds. The van der Waals surface area contributed by atoms with Gasteiger partial charge in [-0.3, -0.25) is 4.98 Å². The van der Waals surface area contributed by atoms with Crippen molar-refractivity contribution in [2.75, 3.05) is 0 Å². The lowest BCUT2D eigenvalue weighted by Gasteiger charge is -2.15. The molecule has 1 saturated carbocycles. The molecule has 1 aliphatic rings. The van der Waals surface area contributed by atoms with Crippen LogP contribution < -0.4 is 0 Å². The second kappa shape index (κ2) is 4.76. The van der Waals surface area contributed by atoms with Gasteiger partial charge in [-0.05, 0) is 18.8 Å². The maximum atomic E-state index is 4.13. The van der Waals surface area contributed by atoms with Crippen molar-refractivity contribution in [3.63, 3.8) is 0 Å². The van der Waals surface area contributed by atoms with Gasteiger partial charge in [-0.15, -0.1) is 0 Å². The highest BCUT2D eigenvalue weighted by Crippen LogP contribution is 2.22. The largest absolute Gasteiger partial charge is 0.260 e. The minimum atomic E-state index is 0.589. The van der Waals surface area contributed by atoms with E-state index in [0.29, 0.717) is 5.92 Å². The van der Waals surface area contributed by atoms with Gasteiger partial charge in [-0.2, -0.15) is 0 Å². The summed E-state index contributed by atoms with van der Waals surface area (Å²) >= 11 is 0. The van der Waals surface area contributed by atoms with Crippen molar-refractivity contribution in [2.24, 2.45) is 5.92 Å². The molecule has 1 aromatic heterocycles. The van der Waals surface area contributed by atoms with E-state index >= 15 is 0 Å². The third-order valence-electron chi connectivity index (χ3n) is 2.57. The van der Waals surface area contributed by atoms with Crippen molar-refractivity contribution in [1.82, 2.24) is 9.97 Å². The lowest BCUT2D eigenvalue weighted by atomic mass is 9.90. The van der Waals surface area contributed by atoms with Gasteiger partial charge in [-0.25, -0.2) is 4.98 Å². The molecular weight excluding hydrogens is 172 g/mol. The van der Waals surface area contributed by atoms with E-state index < -0.39 is 0 Å². The molecule has 14 heavy (non-hydrogen) atoms. The molecule has 1 fully saturated rings. The van der Waals surface area contributed by atoms with E-state index in [2.05, 4.69) is 21.8 Å². The third-order valence-corrected chi connectivity index (χ3v) is 2.57. The first-order valence-corrected chi connectivity index (χ1v) is 5.23. The molecule has 1 aliphatic carbocycles. The summed E-state index contributed by atoms with van der Waals surface area (Å²) in [5, 5.41) is 0. The Kier molecular flexibility index (Phi) is 3.13. The number of hydrogen-bond donors (Lipinski definition) is 0. The second-order valence-electron chi connectivity index (χ2n) is 3.69. The first-order valence-electron chi connectivity index (χ1n) is 5.23. The van der Waals surface area contributed by atoms with Crippen LogP contribution in [0.3, 0.4) is 0 Å². The molecule has 0 unspecified atom stereocenters. The molecule has 0 atom stereocenters. The number of nitrogens with zero attached hydrogens (tertiary/aromatic N) is 2. The van der Waals surface area contributed by atoms with E-state index in [-0.39, 0.29) is 0 Å². The summed E-state index contributed by atoms with van der Waals surface area (Å²) in [4.78, 5) is 8.11. The number of rotatable bonds is 0. The summed E-state index contributed by atoms with van der Waals surface area (Å²) in [6.07, 6.45) is 11.6. The quantitative estimate of drug-likeness (QED) is 0.581. The van der Waals surface area contributed by atoms with Crippen molar-refractivity contribution < 1.29 is 0 Å². The molecule has 0 aromatic carbocycles. The molecule has 2 heteroatoms. The average Bonchev–Trinajstić information content (AvgIpc) is 2.29. The van der Waals surface area contributed by atoms with Crippen LogP contribution >= 0.6 is 0 Å². The van der Waals surface area contributed by atoms with E-state index in [1.165, 1.54) is 32.1 Å². The Morgan fingerprint density at radius 3 is 2.71 bits per heavy atom. The molecule has 1 heterocycles. The maximum Gasteiger partial charge on any atom is 0.131 e. The normalized spacial score (nSPS) is 17.1. The zero-order chi connectivity index (χ0) is 9.64. The van der Waals surface area contributed by atoms with Gasteiger partial charge >= 0.3 is 0 Å². The van der Waals surface area contributed by atoms with Gasteiger partial charge in [0.15, 0.2) is 0 Å². The predicted octanol–water partition coefficient (Wildman–Crippen LogP) is 2.41. The average molecular weight is 186 g/mol. The van der Waals surface area contributed by atoms with Gasteiger partial charge in [0, 0.05) is 18.3 Å². The molecule has 2 rings (SSSR count). The van der Waals surface area contributed by atoms with Crippen molar-refractivity contribution >= 4 is 0 Å². The van der Waals surface area contributed by atoms with Gasteiger partial charge in [0.2, 0.25) is 0 Å². The van der Waals surface area contributed by atoms with Gasteiger partial charge in [0.1, 0.15) is 5.69 Å². The fourth-order valence-electron chi connectivity index (χ4n) is 1.79. The van der Waals surface area contributed by atoms with E-state index in [1.807, 2.05) is 0 Å². The Morgan fingerprint density at radius 1 is 1.14 bits per heavy atom. The first-order chi connectivity index (χ1) is 6.95. The predicted molar refractivity (Wildman–Crippen MR) is 55.5 cm³/mol. The van der Waals surface area contributed by atoms with Crippen LogP contribution in [0.25, 0.3) is 0 Å². The van der Waals surface area contributed by atoms with Crippen LogP contribution in [0, 0.1) is 17.8 Å². The molecule has 0 saturated heterocycles. The lowest BCUT2D eigenvalue weighted by molar-refractivity contribution is 0.430. The molecule has 0 N–H and O–H groups in total. The zero-order valence-electron chi connectivity index (χ0n) is 8.24. The Morgan fingerprint density at radius 2 is 2.00 bits per heavy atom. The van der Waals surface area contributed by atoms with Crippen LogP contribution in [-0.4, -0.2) is 9.97 Å². The summed E-state index contributed by atoms with van der Waals surface area (Å²) in [6.45, 7) is 0. The number of hydrogen-bond acceptors (Lipinski definition) is 2. The minimum absolute atomic E-state index is 0.589. The monoisotopic (exact) mass is 186 g/mol. The van der Waals surface area contributed by atoms with Gasteiger partial charge in [0.25, 0.3) is 0 Å². The van der Waals surface area contributed by atoms with Crippen molar-refractivity contribution in [3.8, 4) is 11.8 Å².